The van der Waals surface area contributed by atoms with Gasteiger partial charge in [0.25, 0.3) is 5.91 Å². The van der Waals surface area contributed by atoms with E-state index in [0.29, 0.717) is 23.0 Å². The number of amides is 1. The number of rotatable bonds is 8. The van der Waals surface area contributed by atoms with Crippen molar-refractivity contribution < 1.29 is 9.53 Å². The number of hydrogen-bond acceptors (Lipinski definition) is 3. The van der Waals surface area contributed by atoms with Gasteiger partial charge in [-0.1, -0.05) is 36.7 Å². The maximum atomic E-state index is 12.3. The Morgan fingerprint density at radius 1 is 0.968 bits per heavy atom. The number of ether oxygens (including phenoxy) is 1. The van der Waals surface area contributed by atoms with Crippen LogP contribution >= 0.6 is 43.5 Å². The van der Waals surface area contributed by atoms with Crippen LogP contribution in [0.3, 0.4) is 0 Å². The summed E-state index contributed by atoms with van der Waals surface area (Å²) in [5, 5.41) is 6.81. The zero-order valence-electron chi connectivity index (χ0n) is 17.3. The average molecular weight is 567 g/mol. The number of carbonyl (C=O) groups excluding carboxylic acids is 1. The Hall–Kier alpha value is -2.02. The number of anilines is 2. The Balaban J connectivity index is 1.57. The molecule has 0 saturated heterocycles. The summed E-state index contributed by atoms with van der Waals surface area (Å²) >= 11 is 13.2. The molecule has 0 fully saturated rings. The second-order valence-electron chi connectivity index (χ2n) is 7.09. The lowest BCUT2D eigenvalue weighted by atomic mass is 10.1. The van der Waals surface area contributed by atoms with Gasteiger partial charge >= 0.3 is 0 Å². The van der Waals surface area contributed by atoms with E-state index in [1.807, 2.05) is 31.2 Å². The molecular weight excluding hydrogens is 544 g/mol. The molecule has 0 aliphatic rings. The van der Waals surface area contributed by atoms with Gasteiger partial charge in [0.1, 0.15) is 5.75 Å². The minimum absolute atomic E-state index is 0.121. The third kappa shape index (κ3) is 6.73. The summed E-state index contributed by atoms with van der Waals surface area (Å²) in [6, 6.07) is 17.8. The fourth-order valence-corrected chi connectivity index (χ4v) is 4.61. The van der Waals surface area contributed by atoms with Crippen LogP contribution < -0.4 is 15.4 Å². The minimum Gasteiger partial charge on any atom is -0.481 e. The lowest BCUT2D eigenvalue weighted by Gasteiger charge is -2.14. The van der Waals surface area contributed by atoms with Crippen LogP contribution in [0, 0.1) is 6.92 Å². The second kappa shape index (κ2) is 11.0. The summed E-state index contributed by atoms with van der Waals surface area (Å²) in [5.41, 5.74) is 5.04. The molecule has 7 heteroatoms. The molecule has 3 aromatic carbocycles. The highest BCUT2D eigenvalue weighted by Gasteiger charge is 2.12. The van der Waals surface area contributed by atoms with Gasteiger partial charge in [0.05, 0.1) is 8.95 Å². The van der Waals surface area contributed by atoms with Gasteiger partial charge < -0.3 is 15.4 Å². The quantitative estimate of drug-likeness (QED) is 0.299. The predicted molar refractivity (Wildman–Crippen MR) is 135 cm³/mol. The highest BCUT2D eigenvalue weighted by Crippen LogP contribution is 2.35. The molecule has 0 aliphatic carbocycles. The van der Waals surface area contributed by atoms with Crippen LogP contribution in [0.15, 0.2) is 63.5 Å². The van der Waals surface area contributed by atoms with Crippen molar-refractivity contribution in [2.45, 2.75) is 26.8 Å². The summed E-state index contributed by atoms with van der Waals surface area (Å²) in [4.78, 5) is 12.3. The molecule has 0 bridgehead atoms. The van der Waals surface area contributed by atoms with Crippen LogP contribution in [0.2, 0.25) is 5.02 Å². The summed E-state index contributed by atoms with van der Waals surface area (Å²) < 4.78 is 7.28. The predicted octanol–water partition coefficient (Wildman–Crippen LogP) is 7.37. The number of carbonyl (C=O) groups is 1. The Morgan fingerprint density at radius 3 is 2.23 bits per heavy atom. The van der Waals surface area contributed by atoms with E-state index in [-0.39, 0.29) is 12.5 Å². The molecule has 0 saturated carbocycles. The van der Waals surface area contributed by atoms with Crippen molar-refractivity contribution in [1.29, 1.82) is 0 Å². The standard InChI is InChI=1S/C24H23Br2ClN2O2/c1-3-16-5-8-18(9-6-16)28-13-17-10-20(25)24(21(26)11-17)31-14-23(30)29-19-7-4-15(2)22(27)12-19/h4-12,28H,3,13-14H2,1-2H3,(H,29,30). The maximum Gasteiger partial charge on any atom is 0.262 e. The van der Waals surface area contributed by atoms with E-state index in [0.717, 1.165) is 32.2 Å². The van der Waals surface area contributed by atoms with Crippen LogP contribution in [0.5, 0.6) is 5.75 Å². The van der Waals surface area contributed by atoms with Crippen molar-refractivity contribution in [3.8, 4) is 5.75 Å². The molecule has 31 heavy (non-hydrogen) atoms. The third-order valence-electron chi connectivity index (χ3n) is 4.72. The maximum absolute atomic E-state index is 12.3. The van der Waals surface area contributed by atoms with Crippen molar-refractivity contribution >= 4 is 60.7 Å². The molecule has 4 nitrogen and oxygen atoms in total. The largest absolute Gasteiger partial charge is 0.481 e. The molecule has 162 valence electrons. The Kier molecular flexibility index (Phi) is 8.41. The molecule has 2 N–H and O–H groups in total. The normalized spacial score (nSPS) is 10.6. The smallest absolute Gasteiger partial charge is 0.262 e. The van der Waals surface area contributed by atoms with Crippen LogP contribution in [0.1, 0.15) is 23.6 Å². The first kappa shape index (κ1) is 23.6. The number of nitrogens with one attached hydrogen (secondary N) is 2. The first-order valence-electron chi connectivity index (χ1n) is 9.85. The van der Waals surface area contributed by atoms with Crippen molar-refractivity contribution in [2.24, 2.45) is 0 Å². The highest BCUT2D eigenvalue weighted by molar-refractivity contribution is 9.11. The van der Waals surface area contributed by atoms with Crippen LogP contribution in [-0.2, 0) is 17.8 Å². The van der Waals surface area contributed by atoms with E-state index >= 15 is 0 Å². The first-order chi connectivity index (χ1) is 14.9. The van der Waals surface area contributed by atoms with Gasteiger partial charge in [-0.05, 0) is 98.3 Å². The van der Waals surface area contributed by atoms with Crippen molar-refractivity contribution in [3.63, 3.8) is 0 Å². The van der Waals surface area contributed by atoms with E-state index in [1.54, 1.807) is 6.07 Å². The van der Waals surface area contributed by atoms with E-state index in [9.17, 15) is 4.79 Å². The molecule has 0 aromatic heterocycles. The Morgan fingerprint density at radius 2 is 1.61 bits per heavy atom. The van der Waals surface area contributed by atoms with E-state index in [4.69, 9.17) is 16.3 Å². The molecule has 0 spiro atoms. The molecule has 0 radical (unpaired) electrons. The van der Waals surface area contributed by atoms with Crippen LogP contribution in [-0.4, -0.2) is 12.5 Å². The third-order valence-corrected chi connectivity index (χ3v) is 6.31. The lowest BCUT2D eigenvalue weighted by Crippen LogP contribution is -2.20. The van der Waals surface area contributed by atoms with Crippen LogP contribution in [0.4, 0.5) is 11.4 Å². The molecule has 0 atom stereocenters. The number of halogens is 3. The molecule has 0 heterocycles. The van der Waals surface area contributed by atoms with Gasteiger partial charge in [0.15, 0.2) is 6.61 Å². The van der Waals surface area contributed by atoms with E-state index < -0.39 is 0 Å². The van der Waals surface area contributed by atoms with Gasteiger partial charge in [-0.15, -0.1) is 0 Å². The fraction of sp³-hybridized carbons (Fsp3) is 0.208. The Bertz CT molecular complexity index is 1050. The zero-order valence-corrected chi connectivity index (χ0v) is 21.2. The zero-order chi connectivity index (χ0) is 22.4. The van der Waals surface area contributed by atoms with E-state index in [1.165, 1.54) is 5.56 Å². The summed E-state index contributed by atoms with van der Waals surface area (Å²) in [6.07, 6.45) is 1.03. The number of hydrogen-bond donors (Lipinski definition) is 2. The first-order valence-corrected chi connectivity index (χ1v) is 11.8. The summed E-state index contributed by atoms with van der Waals surface area (Å²) in [5.74, 6) is 0.313. The fourth-order valence-electron chi connectivity index (χ4n) is 2.92. The topological polar surface area (TPSA) is 50.4 Å². The molecule has 3 rings (SSSR count). The van der Waals surface area contributed by atoms with Gasteiger partial charge in [-0.25, -0.2) is 0 Å². The Labute approximate surface area is 204 Å². The molecule has 1 amide bonds. The van der Waals surface area contributed by atoms with Crippen molar-refractivity contribution in [1.82, 2.24) is 0 Å². The summed E-state index contributed by atoms with van der Waals surface area (Å²) in [6.45, 7) is 4.60. The molecule has 3 aromatic rings. The van der Waals surface area contributed by atoms with E-state index in [2.05, 4.69) is 73.7 Å². The number of aryl methyl sites for hydroxylation is 2. The summed E-state index contributed by atoms with van der Waals surface area (Å²) in [7, 11) is 0. The SMILES string of the molecule is CCc1ccc(NCc2cc(Br)c(OCC(=O)Nc3ccc(C)c(Cl)c3)c(Br)c2)cc1. The van der Waals surface area contributed by atoms with Gasteiger partial charge in [0.2, 0.25) is 0 Å². The average Bonchev–Trinajstić information content (AvgIpc) is 2.74. The molecular formula is C24H23Br2ClN2O2. The molecule has 0 aliphatic heterocycles. The lowest BCUT2D eigenvalue weighted by molar-refractivity contribution is -0.118. The minimum atomic E-state index is -0.264. The van der Waals surface area contributed by atoms with Gasteiger partial charge in [0, 0.05) is 22.9 Å². The monoisotopic (exact) mass is 564 g/mol. The number of benzene rings is 3. The highest BCUT2D eigenvalue weighted by atomic mass is 79.9. The van der Waals surface area contributed by atoms with Gasteiger partial charge in [-0.2, -0.15) is 0 Å². The van der Waals surface area contributed by atoms with Gasteiger partial charge in [-0.3, -0.25) is 4.79 Å². The molecule has 0 unspecified atom stereocenters. The van der Waals surface area contributed by atoms with Crippen molar-refractivity contribution in [3.05, 3.63) is 85.3 Å². The second-order valence-corrected chi connectivity index (χ2v) is 9.21. The van der Waals surface area contributed by atoms with Crippen molar-refractivity contribution in [2.75, 3.05) is 17.2 Å². The van der Waals surface area contributed by atoms with Crippen LogP contribution in [0.25, 0.3) is 0 Å².